The van der Waals surface area contributed by atoms with E-state index in [1.165, 1.54) is 92.2 Å². The van der Waals surface area contributed by atoms with Crippen molar-refractivity contribution in [2.75, 3.05) is 0 Å². The van der Waals surface area contributed by atoms with Gasteiger partial charge in [0.05, 0.1) is 22.1 Å². The molecule has 1 aliphatic carbocycles. The highest BCUT2D eigenvalue weighted by atomic mass is 32.2. The molecule has 0 bridgehead atoms. The Labute approximate surface area is 276 Å². The molecule has 9 aromatic rings. The van der Waals surface area contributed by atoms with Gasteiger partial charge < -0.3 is 4.57 Å². The molecule has 1 aliphatic heterocycles. The minimum Gasteiger partial charge on any atom is -0.309 e. The van der Waals surface area contributed by atoms with Crippen LogP contribution in [0.5, 0.6) is 0 Å². The quantitative estimate of drug-likeness (QED) is 0.178. The lowest BCUT2D eigenvalue weighted by Gasteiger charge is -2.39. The molecule has 0 amide bonds. The van der Waals surface area contributed by atoms with Crippen LogP contribution in [0, 0.1) is 0 Å². The van der Waals surface area contributed by atoms with Gasteiger partial charge in [-0.2, -0.15) is 0 Å². The molecule has 0 saturated carbocycles. The molecule has 2 heterocycles. The molecule has 8 aromatic carbocycles. The number of rotatable bonds is 1. The van der Waals surface area contributed by atoms with Gasteiger partial charge in [-0.15, -0.1) is 0 Å². The van der Waals surface area contributed by atoms with Crippen LogP contribution in [-0.4, -0.2) is 4.57 Å². The zero-order valence-corrected chi connectivity index (χ0v) is 26.3. The third kappa shape index (κ3) is 3.21. The minimum absolute atomic E-state index is 0.406. The van der Waals surface area contributed by atoms with Crippen LogP contribution in [0.15, 0.2) is 174 Å². The molecule has 47 heavy (non-hydrogen) atoms. The van der Waals surface area contributed by atoms with Crippen LogP contribution >= 0.6 is 11.8 Å². The standard InChI is InChI=1S/C45H27NS/c1-3-15-30-28(12-1)14-11-22-39(30)46-40-25-24-29-13-2-4-16-31(29)44(40)34-26-38-43(27-41(34)46)47-42-23-10-9-21-37(42)45(38)35-19-7-5-17-32(35)33-18-6-8-20-36(33)45/h1-27H. The summed E-state index contributed by atoms with van der Waals surface area (Å²) in [6, 6.07) is 61.2. The normalized spacial score (nSPS) is 14.0. The lowest BCUT2D eigenvalue weighted by atomic mass is 9.67. The first-order valence-electron chi connectivity index (χ1n) is 16.3. The van der Waals surface area contributed by atoms with E-state index in [1.54, 1.807) is 0 Å². The van der Waals surface area contributed by atoms with Crippen molar-refractivity contribution in [2.45, 2.75) is 15.2 Å². The third-order valence-corrected chi connectivity index (χ3v) is 11.8. The smallest absolute Gasteiger partial charge is 0.0735 e. The molecular weight excluding hydrogens is 587 g/mol. The predicted octanol–water partition coefficient (Wildman–Crippen LogP) is 11.9. The third-order valence-electron chi connectivity index (χ3n) is 10.6. The van der Waals surface area contributed by atoms with E-state index in [0.29, 0.717) is 0 Å². The Morgan fingerprint density at radius 3 is 1.81 bits per heavy atom. The fourth-order valence-corrected chi connectivity index (χ4v) is 10.0. The number of benzene rings is 8. The average Bonchev–Trinajstić information content (AvgIpc) is 3.61. The average molecular weight is 614 g/mol. The predicted molar refractivity (Wildman–Crippen MR) is 197 cm³/mol. The molecule has 218 valence electrons. The minimum atomic E-state index is -0.406. The highest BCUT2D eigenvalue weighted by molar-refractivity contribution is 7.99. The first-order chi connectivity index (χ1) is 23.3. The second-order valence-electron chi connectivity index (χ2n) is 12.8. The van der Waals surface area contributed by atoms with Crippen LogP contribution in [-0.2, 0) is 5.41 Å². The second kappa shape index (κ2) is 9.25. The Hall–Kier alpha value is -5.57. The number of fused-ring (bicyclic) bond motifs is 15. The van der Waals surface area contributed by atoms with Crippen LogP contribution in [0.3, 0.4) is 0 Å². The number of aromatic nitrogens is 1. The van der Waals surface area contributed by atoms with E-state index in [0.717, 1.165) is 0 Å². The van der Waals surface area contributed by atoms with E-state index in [2.05, 4.69) is 168 Å². The number of hydrogen-bond donors (Lipinski definition) is 0. The Bertz CT molecular complexity index is 2730. The highest BCUT2D eigenvalue weighted by Gasteiger charge is 2.50. The fraction of sp³-hybridized carbons (Fsp3) is 0.0222. The van der Waals surface area contributed by atoms with Crippen molar-refractivity contribution in [3.05, 3.63) is 186 Å². The Morgan fingerprint density at radius 1 is 0.404 bits per heavy atom. The Morgan fingerprint density at radius 2 is 1.02 bits per heavy atom. The van der Waals surface area contributed by atoms with Gasteiger partial charge in [0.25, 0.3) is 0 Å². The molecule has 0 fully saturated rings. The summed E-state index contributed by atoms with van der Waals surface area (Å²) in [5.41, 5.74) is 11.4. The summed E-state index contributed by atoms with van der Waals surface area (Å²) in [6.07, 6.45) is 0. The monoisotopic (exact) mass is 613 g/mol. The van der Waals surface area contributed by atoms with Gasteiger partial charge in [-0.3, -0.25) is 0 Å². The van der Waals surface area contributed by atoms with Crippen LogP contribution in [0.4, 0.5) is 0 Å². The van der Waals surface area contributed by atoms with Gasteiger partial charge in [-0.1, -0.05) is 145 Å². The largest absolute Gasteiger partial charge is 0.309 e. The van der Waals surface area contributed by atoms with E-state index in [1.807, 2.05) is 11.8 Å². The fourth-order valence-electron chi connectivity index (χ4n) is 8.80. The zero-order chi connectivity index (χ0) is 30.7. The molecule has 11 rings (SSSR count). The first-order valence-corrected chi connectivity index (χ1v) is 17.1. The van der Waals surface area contributed by atoms with Crippen molar-refractivity contribution in [2.24, 2.45) is 0 Å². The van der Waals surface area contributed by atoms with Crippen LogP contribution in [0.2, 0.25) is 0 Å². The lowest BCUT2D eigenvalue weighted by Crippen LogP contribution is -2.31. The van der Waals surface area contributed by atoms with E-state index in [4.69, 9.17) is 0 Å². The molecule has 0 N–H and O–H groups in total. The topological polar surface area (TPSA) is 4.93 Å². The molecule has 2 aliphatic rings. The molecule has 0 atom stereocenters. The molecule has 1 spiro atoms. The van der Waals surface area contributed by atoms with Crippen molar-refractivity contribution in [3.8, 4) is 16.8 Å². The number of nitrogens with zero attached hydrogens (tertiary/aromatic N) is 1. The van der Waals surface area contributed by atoms with Crippen molar-refractivity contribution in [1.82, 2.24) is 4.57 Å². The van der Waals surface area contributed by atoms with Gasteiger partial charge in [0.15, 0.2) is 0 Å². The summed E-state index contributed by atoms with van der Waals surface area (Å²) in [5, 5.41) is 7.67. The van der Waals surface area contributed by atoms with Crippen molar-refractivity contribution in [3.63, 3.8) is 0 Å². The van der Waals surface area contributed by atoms with E-state index >= 15 is 0 Å². The lowest BCUT2D eigenvalue weighted by molar-refractivity contribution is 0.724. The van der Waals surface area contributed by atoms with Gasteiger partial charge in [0.1, 0.15) is 0 Å². The van der Waals surface area contributed by atoms with Crippen LogP contribution in [0.25, 0.3) is 60.2 Å². The van der Waals surface area contributed by atoms with Gasteiger partial charge in [-0.05, 0) is 79.9 Å². The van der Waals surface area contributed by atoms with E-state index in [9.17, 15) is 0 Å². The molecule has 0 unspecified atom stereocenters. The van der Waals surface area contributed by atoms with Crippen molar-refractivity contribution in [1.29, 1.82) is 0 Å². The molecule has 1 aromatic heterocycles. The van der Waals surface area contributed by atoms with Gasteiger partial charge in [0, 0.05) is 25.9 Å². The summed E-state index contributed by atoms with van der Waals surface area (Å²) < 4.78 is 2.52. The maximum Gasteiger partial charge on any atom is 0.0735 e. The Balaban J connectivity index is 1.35. The molecule has 0 radical (unpaired) electrons. The molecule has 2 heteroatoms. The van der Waals surface area contributed by atoms with Crippen LogP contribution < -0.4 is 0 Å². The maximum atomic E-state index is 2.56. The maximum absolute atomic E-state index is 2.56. The SMILES string of the molecule is c1ccc2c(c1)Sc1cc3c(cc1C21c2ccccc2-c2ccccc21)c1c2ccccc2ccc1n3-c1cccc2ccccc12. The molecule has 0 saturated heterocycles. The molecule has 1 nitrogen and oxygen atoms in total. The number of hydrogen-bond acceptors (Lipinski definition) is 1. The van der Waals surface area contributed by atoms with Gasteiger partial charge >= 0.3 is 0 Å². The van der Waals surface area contributed by atoms with Gasteiger partial charge in [-0.25, -0.2) is 0 Å². The summed E-state index contributed by atoms with van der Waals surface area (Å²) in [4.78, 5) is 2.64. The first kappa shape index (κ1) is 25.6. The van der Waals surface area contributed by atoms with Gasteiger partial charge in [0.2, 0.25) is 0 Å². The highest BCUT2D eigenvalue weighted by Crippen LogP contribution is 2.62. The summed E-state index contributed by atoms with van der Waals surface area (Å²) >= 11 is 1.92. The summed E-state index contributed by atoms with van der Waals surface area (Å²) in [7, 11) is 0. The van der Waals surface area contributed by atoms with Crippen molar-refractivity contribution < 1.29 is 0 Å². The summed E-state index contributed by atoms with van der Waals surface area (Å²) in [6.45, 7) is 0. The second-order valence-corrected chi connectivity index (χ2v) is 13.9. The summed E-state index contributed by atoms with van der Waals surface area (Å²) in [5.74, 6) is 0. The molecular formula is C45H27NS. The zero-order valence-electron chi connectivity index (χ0n) is 25.4. The Kier molecular flexibility index (Phi) is 5.04. The van der Waals surface area contributed by atoms with E-state index < -0.39 is 5.41 Å². The van der Waals surface area contributed by atoms with E-state index in [-0.39, 0.29) is 0 Å². The van der Waals surface area contributed by atoms with Crippen molar-refractivity contribution >= 4 is 55.1 Å². The van der Waals surface area contributed by atoms with Crippen LogP contribution in [0.1, 0.15) is 22.3 Å².